The lowest BCUT2D eigenvalue weighted by Crippen LogP contribution is -2.19. The van der Waals surface area contributed by atoms with Crippen LogP contribution in [-0.4, -0.2) is 16.0 Å². The largest absolute Gasteiger partial charge is 0.483 e. The Morgan fingerprint density at radius 1 is 1.33 bits per heavy atom. The number of hydrogen-bond acceptors (Lipinski definition) is 4. The smallest absolute Gasteiger partial charge is 0.173 e. The van der Waals surface area contributed by atoms with Gasteiger partial charge in [-0.2, -0.15) is 0 Å². The van der Waals surface area contributed by atoms with Crippen LogP contribution >= 0.6 is 0 Å². The van der Waals surface area contributed by atoms with Gasteiger partial charge in [-0.25, -0.2) is 0 Å². The molecule has 1 aliphatic carbocycles. The Bertz CT molecular complexity index is 670. The number of fused-ring (bicyclic) bond motifs is 1. The van der Waals surface area contributed by atoms with Gasteiger partial charge in [0.2, 0.25) is 0 Å². The summed E-state index contributed by atoms with van der Waals surface area (Å²) < 4.78 is 6.10. The van der Waals surface area contributed by atoms with Gasteiger partial charge in [-0.1, -0.05) is 29.4 Å². The maximum absolute atomic E-state index is 8.86. The van der Waals surface area contributed by atoms with Crippen LogP contribution in [0.3, 0.4) is 0 Å². The summed E-state index contributed by atoms with van der Waals surface area (Å²) in [5.41, 5.74) is 8.77. The van der Waals surface area contributed by atoms with Gasteiger partial charge in [0.05, 0.1) is 11.8 Å². The second kappa shape index (κ2) is 5.83. The molecule has 0 bridgehead atoms. The zero-order valence-corrected chi connectivity index (χ0v) is 11.6. The minimum absolute atomic E-state index is 0.0237. The molecule has 0 aliphatic heterocycles. The molecule has 1 atom stereocenters. The van der Waals surface area contributed by atoms with Crippen molar-refractivity contribution >= 4 is 5.84 Å². The molecule has 21 heavy (non-hydrogen) atoms. The van der Waals surface area contributed by atoms with E-state index in [0.717, 1.165) is 19.3 Å². The molecule has 1 aliphatic rings. The summed E-state index contributed by atoms with van der Waals surface area (Å²) in [7, 11) is 0. The van der Waals surface area contributed by atoms with Crippen LogP contribution in [0.1, 0.15) is 35.6 Å². The van der Waals surface area contributed by atoms with E-state index in [-0.39, 0.29) is 11.9 Å². The summed E-state index contributed by atoms with van der Waals surface area (Å²) in [6.45, 7) is 0. The van der Waals surface area contributed by atoms with Gasteiger partial charge in [0, 0.05) is 6.20 Å². The fourth-order valence-electron chi connectivity index (χ4n) is 2.72. The molecular weight excluding hydrogens is 266 g/mol. The number of rotatable bonds is 3. The summed E-state index contributed by atoms with van der Waals surface area (Å²) in [5, 5.41) is 11.9. The zero-order valence-electron chi connectivity index (χ0n) is 11.6. The Morgan fingerprint density at radius 2 is 2.19 bits per heavy atom. The van der Waals surface area contributed by atoms with Crippen molar-refractivity contribution in [2.24, 2.45) is 10.9 Å². The van der Waals surface area contributed by atoms with Crippen molar-refractivity contribution in [3.8, 4) is 5.75 Å². The number of amidine groups is 1. The molecule has 0 saturated carbocycles. The van der Waals surface area contributed by atoms with Crippen LogP contribution < -0.4 is 10.5 Å². The molecule has 0 fully saturated rings. The first-order valence-corrected chi connectivity index (χ1v) is 6.96. The average molecular weight is 283 g/mol. The van der Waals surface area contributed by atoms with Gasteiger partial charge < -0.3 is 15.7 Å². The topological polar surface area (TPSA) is 80.7 Å². The number of oxime groups is 1. The molecule has 1 heterocycles. The number of nitrogens with zero attached hydrogens (tertiary/aromatic N) is 2. The monoisotopic (exact) mass is 283 g/mol. The van der Waals surface area contributed by atoms with E-state index in [2.05, 4.69) is 22.3 Å². The number of ether oxygens (including phenoxy) is 1. The second-order valence-corrected chi connectivity index (χ2v) is 5.05. The third kappa shape index (κ3) is 2.67. The number of nitrogens with two attached hydrogens (primary N) is 1. The van der Waals surface area contributed by atoms with Crippen molar-refractivity contribution in [2.75, 3.05) is 0 Å². The average Bonchev–Trinajstić information content (AvgIpc) is 2.55. The number of pyridine rings is 1. The Hall–Kier alpha value is -2.56. The number of benzene rings is 1. The molecule has 3 rings (SSSR count). The lowest BCUT2D eigenvalue weighted by atomic mass is 9.89. The molecule has 1 unspecified atom stereocenters. The predicted molar refractivity (Wildman–Crippen MR) is 79.5 cm³/mol. The van der Waals surface area contributed by atoms with E-state index in [0.29, 0.717) is 11.3 Å². The third-order valence-corrected chi connectivity index (χ3v) is 3.75. The molecule has 1 aromatic heterocycles. The molecule has 0 saturated heterocycles. The van der Waals surface area contributed by atoms with Gasteiger partial charge >= 0.3 is 0 Å². The quantitative estimate of drug-likeness (QED) is 0.393. The molecule has 2 aromatic rings. The van der Waals surface area contributed by atoms with Crippen molar-refractivity contribution in [3.63, 3.8) is 0 Å². The summed E-state index contributed by atoms with van der Waals surface area (Å²) in [4.78, 5) is 4.07. The molecular formula is C16H17N3O2. The van der Waals surface area contributed by atoms with Crippen LogP contribution in [-0.2, 0) is 6.42 Å². The highest BCUT2D eigenvalue weighted by Crippen LogP contribution is 2.34. The van der Waals surface area contributed by atoms with Gasteiger partial charge in [-0.05, 0) is 36.5 Å². The van der Waals surface area contributed by atoms with Crippen LogP contribution in [0.2, 0.25) is 0 Å². The van der Waals surface area contributed by atoms with E-state index in [4.69, 9.17) is 15.7 Å². The van der Waals surface area contributed by atoms with E-state index >= 15 is 0 Å². The molecule has 0 radical (unpaired) electrons. The fraction of sp³-hybridized carbons (Fsp3) is 0.250. The minimum Gasteiger partial charge on any atom is -0.483 e. The Morgan fingerprint density at radius 3 is 3.05 bits per heavy atom. The van der Waals surface area contributed by atoms with Gasteiger partial charge in [-0.15, -0.1) is 0 Å². The molecule has 0 spiro atoms. The van der Waals surface area contributed by atoms with Crippen LogP contribution in [0.5, 0.6) is 5.75 Å². The number of aryl methyl sites for hydroxylation is 1. The standard InChI is InChI=1S/C16H17N3O2/c17-16(19-20)13-8-9-18-10-15(13)21-14-7-3-5-11-4-1-2-6-12(11)14/h1-2,4,6,8-10,14,20H,3,5,7H2,(H2,17,19). The van der Waals surface area contributed by atoms with Gasteiger partial charge in [0.25, 0.3) is 0 Å². The molecule has 3 N–H and O–H groups in total. The first kappa shape index (κ1) is 13.4. The van der Waals surface area contributed by atoms with E-state index < -0.39 is 0 Å². The van der Waals surface area contributed by atoms with Gasteiger partial charge in [-0.3, -0.25) is 4.98 Å². The zero-order chi connectivity index (χ0) is 14.7. The highest BCUT2D eigenvalue weighted by Gasteiger charge is 2.22. The maximum atomic E-state index is 8.86. The van der Waals surface area contributed by atoms with Crippen molar-refractivity contribution in [1.29, 1.82) is 0 Å². The first-order chi connectivity index (χ1) is 10.3. The van der Waals surface area contributed by atoms with Crippen molar-refractivity contribution in [3.05, 3.63) is 59.4 Å². The van der Waals surface area contributed by atoms with Crippen LogP contribution in [0.25, 0.3) is 0 Å². The lowest BCUT2D eigenvalue weighted by Gasteiger charge is -2.26. The van der Waals surface area contributed by atoms with Gasteiger partial charge in [0.1, 0.15) is 11.9 Å². The van der Waals surface area contributed by atoms with E-state index in [1.807, 2.05) is 12.1 Å². The molecule has 5 heteroatoms. The summed E-state index contributed by atoms with van der Waals surface area (Å²) in [5.74, 6) is 0.561. The minimum atomic E-state index is -0.0237. The third-order valence-electron chi connectivity index (χ3n) is 3.75. The van der Waals surface area contributed by atoms with Crippen molar-refractivity contribution in [1.82, 2.24) is 4.98 Å². The lowest BCUT2D eigenvalue weighted by molar-refractivity contribution is 0.182. The molecule has 108 valence electrons. The molecule has 0 amide bonds. The molecule has 1 aromatic carbocycles. The Kier molecular flexibility index (Phi) is 3.73. The van der Waals surface area contributed by atoms with Gasteiger partial charge in [0.15, 0.2) is 5.84 Å². The SMILES string of the molecule is N/C(=N/O)c1ccncc1OC1CCCc2ccccc21. The van der Waals surface area contributed by atoms with Crippen LogP contribution in [0.4, 0.5) is 0 Å². The van der Waals surface area contributed by atoms with Crippen LogP contribution in [0, 0.1) is 0 Å². The van der Waals surface area contributed by atoms with Crippen LogP contribution in [0.15, 0.2) is 47.9 Å². The highest BCUT2D eigenvalue weighted by molar-refractivity contribution is 5.99. The predicted octanol–water partition coefficient (Wildman–Crippen LogP) is 2.63. The fourth-order valence-corrected chi connectivity index (χ4v) is 2.72. The normalized spacial score (nSPS) is 18.1. The van der Waals surface area contributed by atoms with E-state index in [1.165, 1.54) is 11.1 Å². The summed E-state index contributed by atoms with van der Waals surface area (Å²) >= 11 is 0. The number of aromatic nitrogens is 1. The van der Waals surface area contributed by atoms with E-state index in [1.54, 1.807) is 18.5 Å². The summed E-state index contributed by atoms with van der Waals surface area (Å²) in [6, 6.07) is 9.98. The highest BCUT2D eigenvalue weighted by atomic mass is 16.5. The van der Waals surface area contributed by atoms with Crippen molar-refractivity contribution in [2.45, 2.75) is 25.4 Å². The summed E-state index contributed by atoms with van der Waals surface area (Å²) in [6.07, 6.45) is 6.28. The second-order valence-electron chi connectivity index (χ2n) is 5.05. The van der Waals surface area contributed by atoms with Crippen molar-refractivity contribution < 1.29 is 9.94 Å². The number of hydrogen-bond donors (Lipinski definition) is 2. The Labute approximate surface area is 123 Å². The Balaban J connectivity index is 1.92. The maximum Gasteiger partial charge on any atom is 0.173 e. The molecule has 5 nitrogen and oxygen atoms in total. The first-order valence-electron chi connectivity index (χ1n) is 6.96. The van der Waals surface area contributed by atoms with E-state index in [9.17, 15) is 0 Å².